The van der Waals surface area contributed by atoms with Crippen LogP contribution in [-0.2, 0) is 14.8 Å². The first-order chi connectivity index (χ1) is 13.4. The summed E-state index contributed by atoms with van der Waals surface area (Å²) in [7, 11) is -2.07. The minimum atomic E-state index is -3.75. The quantitative estimate of drug-likeness (QED) is 0.487. The molecule has 0 bridgehead atoms. The van der Waals surface area contributed by atoms with Gasteiger partial charge in [-0.2, -0.15) is 4.31 Å². The molecule has 2 aliphatic rings. The van der Waals surface area contributed by atoms with Crippen molar-refractivity contribution >= 4 is 21.4 Å². The zero-order valence-electron chi connectivity index (χ0n) is 16.2. The van der Waals surface area contributed by atoms with Crippen molar-refractivity contribution < 1.29 is 18.1 Å². The lowest BCUT2D eigenvalue weighted by molar-refractivity contribution is -0.385. The molecule has 2 saturated heterocycles. The molecule has 0 unspecified atom stereocenters. The number of hydrogen-bond acceptors (Lipinski definition) is 7. The highest BCUT2D eigenvalue weighted by Gasteiger charge is 2.31. The smallest absolute Gasteiger partial charge is 0.270 e. The SMILES string of the molecule is COCCN1CC[C@H](CNc2ccc([N+](=O)[O-])cc2S(=O)(=O)N2CCCC2)C1. The minimum absolute atomic E-state index is 0.00200. The second-order valence-electron chi connectivity index (χ2n) is 7.38. The van der Waals surface area contributed by atoms with Crippen molar-refractivity contribution in [1.29, 1.82) is 0 Å². The standard InChI is InChI=1S/C18H28N4O5S/c1-27-11-10-20-9-6-15(14-20)13-19-17-5-4-16(22(23)24)12-18(17)28(25,26)21-7-2-3-8-21/h4-5,12,15,19H,2-3,6-11,13-14H2,1H3/t15-/m1/s1. The van der Waals surface area contributed by atoms with Crippen molar-refractivity contribution in [2.45, 2.75) is 24.2 Å². The molecule has 2 aliphatic heterocycles. The van der Waals surface area contributed by atoms with E-state index in [-0.39, 0.29) is 10.6 Å². The highest BCUT2D eigenvalue weighted by Crippen LogP contribution is 2.31. The van der Waals surface area contributed by atoms with Gasteiger partial charge in [0.15, 0.2) is 0 Å². The van der Waals surface area contributed by atoms with Gasteiger partial charge in [0, 0.05) is 52.0 Å². The number of ether oxygens (including phenoxy) is 1. The van der Waals surface area contributed by atoms with Gasteiger partial charge in [0.25, 0.3) is 5.69 Å². The lowest BCUT2D eigenvalue weighted by Crippen LogP contribution is -2.29. The second kappa shape index (κ2) is 9.17. The number of methoxy groups -OCH3 is 1. The van der Waals surface area contributed by atoms with Crippen LogP contribution in [0.25, 0.3) is 0 Å². The fraction of sp³-hybridized carbons (Fsp3) is 0.667. The zero-order valence-corrected chi connectivity index (χ0v) is 17.0. The number of nitro benzene ring substituents is 1. The van der Waals surface area contributed by atoms with E-state index >= 15 is 0 Å². The van der Waals surface area contributed by atoms with E-state index in [0.29, 0.717) is 37.8 Å². The molecule has 1 atom stereocenters. The molecule has 1 aromatic rings. The Morgan fingerprint density at radius 2 is 2.04 bits per heavy atom. The molecule has 156 valence electrons. The molecular formula is C18H28N4O5S. The number of nitro groups is 1. The van der Waals surface area contributed by atoms with Crippen molar-refractivity contribution in [1.82, 2.24) is 9.21 Å². The molecule has 10 heteroatoms. The summed E-state index contributed by atoms with van der Waals surface area (Å²) >= 11 is 0. The first kappa shape index (κ1) is 21.0. The largest absolute Gasteiger partial charge is 0.384 e. The Labute approximate surface area is 165 Å². The van der Waals surface area contributed by atoms with Crippen LogP contribution >= 0.6 is 0 Å². The predicted octanol–water partition coefficient (Wildman–Crippen LogP) is 1.76. The van der Waals surface area contributed by atoms with Gasteiger partial charge in [-0.15, -0.1) is 0 Å². The first-order valence-corrected chi connectivity index (χ1v) is 11.1. The number of rotatable bonds is 9. The summed E-state index contributed by atoms with van der Waals surface area (Å²) < 4.78 is 32.6. The van der Waals surface area contributed by atoms with Crippen LogP contribution < -0.4 is 5.32 Å². The van der Waals surface area contributed by atoms with E-state index in [9.17, 15) is 18.5 Å². The maximum atomic E-state index is 13.0. The third kappa shape index (κ3) is 4.80. The van der Waals surface area contributed by atoms with Crippen LogP contribution in [0.15, 0.2) is 23.1 Å². The molecule has 1 N–H and O–H groups in total. The topological polar surface area (TPSA) is 105 Å². The van der Waals surface area contributed by atoms with Crippen molar-refractivity contribution in [2.75, 3.05) is 58.3 Å². The highest BCUT2D eigenvalue weighted by molar-refractivity contribution is 7.89. The van der Waals surface area contributed by atoms with E-state index in [2.05, 4.69) is 10.2 Å². The summed E-state index contributed by atoms with van der Waals surface area (Å²) in [6, 6.07) is 4.04. The van der Waals surface area contributed by atoms with E-state index < -0.39 is 14.9 Å². The molecule has 0 spiro atoms. The van der Waals surface area contributed by atoms with Gasteiger partial charge in [0.1, 0.15) is 4.90 Å². The van der Waals surface area contributed by atoms with Crippen LogP contribution in [0.3, 0.4) is 0 Å². The third-order valence-electron chi connectivity index (χ3n) is 5.42. The maximum Gasteiger partial charge on any atom is 0.270 e. The average Bonchev–Trinajstić information content (AvgIpc) is 3.36. The van der Waals surface area contributed by atoms with Crippen molar-refractivity contribution in [3.8, 4) is 0 Å². The first-order valence-electron chi connectivity index (χ1n) is 9.65. The lowest BCUT2D eigenvalue weighted by atomic mass is 10.1. The fourth-order valence-electron chi connectivity index (χ4n) is 3.81. The van der Waals surface area contributed by atoms with Gasteiger partial charge in [0.05, 0.1) is 17.2 Å². The Morgan fingerprint density at radius 3 is 2.71 bits per heavy atom. The monoisotopic (exact) mass is 412 g/mol. The molecule has 28 heavy (non-hydrogen) atoms. The Morgan fingerprint density at radius 1 is 1.29 bits per heavy atom. The Bertz CT molecular complexity index is 795. The number of anilines is 1. The molecule has 0 radical (unpaired) electrons. The van der Waals surface area contributed by atoms with E-state index in [1.165, 1.54) is 22.5 Å². The fourth-order valence-corrected chi connectivity index (χ4v) is 5.51. The van der Waals surface area contributed by atoms with Gasteiger partial charge >= 0.3 is 0 Å². The molecule has 9 nitrogen and oxygen atoms in total. The Kier molecular flexibility index (Phi) is 6.86. The molecule has 3 rings (SSSR count). The van der Waals surface area contributed by atoms with Gasteiger partial charge in [-0.3, -0.25) is 10.1 Å². The van der Waals surface area contributed by atoms with Crippen LogP contribution in [-0.4, -0.2) is 75.5 Å². The molecule has 0 amide bonds. The molecular weight excluding hydrogens is 384 g/mol. The molecule has 0 aliphatic carbocycles. The summed E-state index contributed by atoms with van der Waals surface area (Å²) in [5.74, 6) is 0.398. The Hall–Kier alpha value is -1.75. The Balaban J connectivity index is 1.74. The van der Waals surface area contributed by atoms with Crippen molar-refractivity contribution in [3.63, 3.8) is 0 Å². The molecule has 1 aromatic carbocycles. The molecule has 0 aromatic heterocycles. The minimum Gasteiger partial charge on any atom is -0.384 e. The summed E-state index contributed by atoms with van der Waals surface area (Å²) in [5.41, 5.74) is 0.225. The van der Waals surface area contributed by atoms with Crippen LogP contribution in [0.1, 0.15) is 19.3 Å². The van der Waals surface area contributed by atoms with Crippen molar-refractivity contribution in [2.24, 2.45) is 5.92 Å². The van der Waals surface area contributed by atoms with Gasteiger partial charge < -0.3 is 15.0 Å². The molecule has 2 fully saturated rings. The van der Waals surface area contributed by atoms with E-state index in [0.717, 1.165) is 38.9 Å². The number of non-ortho nitro benzene ring substituents is 1. The lowest BCUT2D eigenvalue weighted by Gasteiger charge is -2.20. The second-order valence-corrected chi connectivity index (χ2v) is 9.28. The number of benzene rings is 1. The number of nitrogens with zero attached hydrogens (tertiary/aromatic N) is 3. The van der Waals surface area contributed by atoms with Crippen molar-refractivity contribution in [3.05, 3.63) is 28.3 Å². The van der Waals surface area contributed by atoms with Crippen LogP contribution in [0.5, 0.6) is 0 Å². The normalized spacial score (nSPS) is 21.2. The molecule has 0 saturated carbocycles. The number of nitrogens with one attached hydrogen (secondary N) is 1. The number of likely N-dealkylation sites (tertiary alicyclic amines) is 1. The van der Waals surface area contributed by atoms with E-state index in [1.807, 2.05) is 0 Å². The van der Waals surface area contributed by atoms with Gasteiger partial charge in [-0.25, -0.2) is 8.42 Å². The summed E-state index contributed by atoms with van der Waals surface area (Å²) in [6.45, 7) is 5.05. The predicted molar refractivity (Wildman–Crippen MR) is 106 cm³/mol. The van der Waals surface area contributed by atoms with Gasteiger partial charge in [0.2, 0.25) is 10.0 Å². The summed E-state index contributed by atoms with van der Waals surface area (Å²) in [4.78, 5) is 12.9. The number of hydrogen-bond donors (Lipinski definition) is 1. The van der Waals surface area contributed by atoms with Gasteiger partial charge in [-0.1, -0.05) is 0 Å². The number of sulfonamides is 1. The van der Waals surface area contributed by atoms with E-state index in [4.69, 9.17) is 4.74 Å². The van der Waals surface area contributed by atoms with Crippen LogP contribution in [0.2, 0.25) is 0 Å². The van der Waals surface area contributed by atoms with E-state index in [1.54, 1.807) is 7.11 Å². The third-order valence-corrected chi connectivity index (χ3v) is 7.36. The summed E-state index contributed by atoms with van der Waals surface area (Å²) in [6.07, 6.45) is 2.66. The van der Waals surface area contributed by atoms with Crippen LogP contribution in [0, 0.1) is 16.0 Å². The molecule has 2 heterocycles. The zero-order chi connectivity index (χ0) is 20.1. The van der Waals surface area contributed by atoms with Gasteiger partial charge in [-0.05, 0) is 37.8 Å². The average molecular weight is 413 g/mol. The summed E-state index contributed by atoms with van der Waals surface area (Å²) in [5, 5.41) is 14.4. The maximum absolute atomic E-state index is 13.0. The van der Waals surface area contributed by atoms with Crippen LogP contribution in [0.4, 0.5) is 11.4 Å². The highest BCUT2D eigenvalue weighted by atomic mass is 32.2.